The maximum absolute atomic E-state index is 13.8. The average Bonchev–Trinajstić information content (AvgIpc) is 2.75. The fourth-order valence-electron chi connectivity index (χ4n) is 2.16. The Hall–Kier alpha value is -1.14. The zero-order valence-electron chi connectivity index (χ0n) is 11.1. The molecule has 4 nitrogen and oxygen atoms in total. The number of likely N-dealkylation sites (N-methyl/N-ethyl adjacent to an activating group) is 1. The number of alkyl halides is 1. The van der Waals surface area contributed by atoms with Crippen LogP contribution in [0, 0.1) is 5.82 Å². The maximum atomic E-state index is 13.8. The summed E-state index contributed by atoms with van der Waals surface area (Å²) in [5.74, 6) is 0.500. The maximum Gasteiger partial charge on any atom is 0.242 e. The summed E-state index contributed by atoms with van der Waals surface area (Å²) in [7, 11) is 1.57. The normalized spacial score (nSPS) is 12.7. The first kappa shape index (κ1) is 15.3. The molecular weight excluding hydrogens is 349 g/mol. The Bertz CT molecular complexity index is 659. The van der Waals surface area contributed by atoms with Gasteiger partial charge >= 0.3 is 0 Å². The average molecular weight is 363 g/mol. The van der Waals surface area contributed by atoms with Gasteiger partial charge in [0.15, 0.2) is 0 Å². The molecule has 1 heterocycles. The Morgan fingerprint density at radius 3 is 2.90 bits per heavy atom. The van der Waals surface area contributed by atoms with Gasteiger partial charge < -0.3 is 9.88 Å². The lowest BCUT2D eigenvalue weighted by Crippen LogP contribution is -2.28. The molecule has 0 aliphatic heterocycles. The predicted molar refractivity (Wildman–Crippen MR) is 80.6 cm³/mol. The molecule has 1 amide bonds. The Kier molecular flexibility index (Phi) is 4.65. The molecule has 0 spiro atoms. The monoisotopic (exact) mass is 361 g/mol. The van der Waals surface area contributed by atoms with Crippen LogP contribution in [0.4, 0.5) is 4.39 Å². The fourth-order valence-corrected chi connectivity index (χ4v) is 2.66. The van der Waals surface area contributed by atoms with Gasteiger partial charge in [0.2, 0.25) is 5.91 Å². The Labute approximate surface area is 129 Å². The van der Waals surface area contributed by atoms with Crippen LogP contribution in [0.15, 0.2) is 16.6 Å². The fraction of sp³-hybridized carbons (Fsp3) is 0.385. The molecule has 1 unspecified atom stereocenters. The molecule has 20 heavy (non-hydrogen) atoms. The number of nitrogens with one attached hydrogen (secondary N) is 1. The third-order valence-corrected chi connectivity index (χ3v) is 3.93. The van der Waals surface area contributed by atoms with E-state index in [1.54, 1.807) is 24.6 Å². The van der Waals surface area contributed by atoms with Gasteiger partial charge in [-0.15, -0.1) is 11.6 Å². The van der Waals surface area contributed by atoms with Gasteiger partial charge in [0, 0.05) is 25.4 Å². The summed E-state index contributed by atoms with van der Waals surface area (Å²) in [6.07, 6.45) is 0.511. The number of carbonyl (C=O) groups excluding carboxylic acids is 1. The van der Waals surface area contributed by atoms with Crippen LogP contribution in [-0.2, 0) is 11.2 Å². The molecule has 0 saturated carbocycles. The summed E-state index contributed by atoms with van der Waals surface area (Å²) in [5.41, 5.74) is 1.22. The number of imidazole rings is 1. The number of halogens is 3. The molecule has 0 saturated heterocycles. The zero-order chi connectivity index (χ0) is 14.9. The molecule has 1 aromatic carbocycles. The second-order valence-corrected chi connectivity index (χ2v) is 5.61. The number of rotatable bonds is 4. The van der Waals surface area contributed by atoms with Gasteiger partial charge in [-0.1, -0.05) is 0 Å². The summed E-state index contributed by atoms with van der Waals surface area (Å²) in [6.45, 7) is 1.75. The van der Waals surface area contributed by atoms with E-state index in [0.717, 1.165) is 0 Å². The molecule has 0 aliphatic carbocycles. The minimum Gasteiger partial charge on any atom is -0.357 e. The van der Waals surface area contributed by atoms with Crippen LogP contribution in [-0.4, -0.2) is 28.4 Å². The van der Waals surface area contributed by atoms with Gasteiger partial charge in [-0.3, -0.25) is 4.79 Å². The molecule has 0 fully saturated rings. The Morgan fingerprint density at radius 2 is 2.30 bits per heavy atom. The molecule has 0 bridgehead atoms. The van der Waals surface area contributed by atoms with Crippen LogP contribution in [0.25, 0.3) is 11.0 Å². The van der Waals surface area contributed by atoms with Crippen LogP contribution in [0.2, 0.25) is 0 Å². The van der Waals surface area contributed by atoms with Crippen molar-refractivity contribution in [1.29, 1.82) is 0 Å². The molecule has 1 aromatic heterocycles. The molecule has 0 radical (unpaired) electrons. The van der Waals surface area contributed by atoms with Crippen molar-refractivity contribution in [2.75, 3.05) is 12.9 Å². The highest BCUT2D eigenvalue weighted by Gasteiger charge is 2.21. The smallest absolute Gasteiger partial charge is 0.242 e. The highest BCUT2D eigenvalue weighted by atomic mass is 79.9. The van der Waals surface area contributed by atoms with Gasteiger partial charge in [0.25, 0.3) is 0 Å². The first-order valence-corrected chi connectivity index (χ1v) is 7.45. The van der Waals surface area contributed by atoms with E-state index in [0.29, 0.717) is 33.6 Å². The number of aromatic nitrogens is 2. The lowest BCUT2D eigenvalue weighted by Gasteiger charge is -2.16. The SMILES string of the molecule is CNC(=O)C(C)n1c(CCCl)nc2cc(Br)c(F)cc21. The number of benzene rings is 1. The van der Waals surface area contributed by atoms with Gasteiger partial charge in [0.1, 0.15) is 17.7 Å². The Balaban J connectivity index is 2.67. The summed E-state index contributed by atoms with van der Waals surface area (Å²) in [5, 5.41) is 2.59. The molecule has 108 valence electrons. The quantitative estimate of drug-likeness (QED) is 0.850. The van der Waals surface area contributed by atoms with E-state index in [1.165, 1.54) is 6.07 Å². The van der Waals surface area contributed by atoms with E-state index in [-0.39, 0.29) is 11.7 Å². The number of hydrogen-bond acceptors (Lipinski definition) is 2. The minimum atomic E-state index is -0.483. The van der Waals surface area contributed by atoms with E-state index < -0.39 is 6.04 Å². The van der Waals surface area contributed by atoms with E-state index in [9.17, 15) is 9.18 Å². The van der Waals surface area contributed by atoms with Crippen LogP contribution in [0.3, 0.4) is 0 Å². The molecule has 1 N–H and O–H groups in total. The third kappa shape index (κ3) is 2.67. The topological polar surface area (TPSA) is 46.9 Å². The molecule has 2 aromatic rings. The lowest BCUT2D eigenvalue weighted by molar-refractivity contribution is -0.123. The number of hydrogen-bond donors (Lipinski definition) is 1. The van der Waals surface area contributed by atoms with Crippen molar-refractivity contribution in [2.45, 2.75) is 19.4 Å². The van der Waals surface area contributed by atoms with Crippen LogP contribution < -0.4 is 5.32 Å². The van der Waals surface area contributed by atoms with Crippen molar-refractivity contribution in [1.82, 2.24) is 14.9 Å². The molecule has 7 heteroatoms. The largest absolute Gasteiger partial charge is 0.357 e. The summed E-state index contributed by atoms with van der Waals surface area (Å²) < 4.78 is 15.8. The molecule has 1 atom stereocenters. The van der Waals surface area contributed by atoms with Crippen molar-refractivity contribution in [3.05, 3.63) is 28.2 Å². The van der Waals surface area contributed by atoms with Gasteiger partial charge in [-0.25, -0.2) is 9.37 Å². The second-order valence-electron chi connectivity index (χ2n) is 4.38. The second kappa shape index (κ2) is 6.10. The molecule has 0 aliphatic rings. The van der Waals surface area contributed by atoms with Gasteiger partial charge in [0.05, 0.1) is 15.5 Å². The van der Waals surface area contributed by atoms with Crippen molar-refractivity contribution in [2.24, 2.45) is 0 Å². The first-order chi connectivity index (χ1) is 9.49. The van der Waals surface area contributed by atoms with Crippen molar-refractivity contribution in [3.63, 3.8) is 0 Å². The summed E-state index contributed by atoms with van der Waals surface area (Å²) >= 11 is 8.92. The van der Waals surface area contributed by atoms with Crippen LogP contribution in [0.1, 0.15) is 18.8 Å². The highest BCUT2D eigenvalue weighted by molar-refractivity contribution is 9.10. The predicted octanol–water partition coefficient (Wildman–Crippen LogP) is 3.03. The van der Waals surface area contributed by atoms with E-state index in [4.69, 9.17) is 11.6 Å². The lowest BCUT2D eigenvalue weighted by atomic mass is 10.2. The summed E-state index contributed by atoms with van der Waals surface area (Å²) in [6, 6.07) is 2.50. The van der Waals surface area contributed by atoms with Crippen LogP contribution >= 0.6 is 27.5 Å². The standard InChI is InChI=1S/C13H14BrClFN3O/c1-7(13(20)17-2)19-11-6-9(16)8(14)5-10(11)18-12(19)3-4-15/h5-7H,3-4H2,1-2H3,(H,17,20). The number of nitrogens with zero attached hydrogens (tertiary/aromatic N) is 2. The van der Waals surface area contributed by atoms with Crippen LogP contribution in [0.5, 0.6) is 0 Å². The zero-order valence-corrected chi connectivity index (χ0v) is 13.4. The highest BCUT2D eigenvalue weighted by Crippen LogP contribution is 2.27. The van der Waals surface area contributed by atoms with Gasteiger partial charge in [-0.2, -0.15) is 0 Å². The van der Waals surface area contributed by atoms with Crippen molar-refractivity contribution >= 4 is 44.5 Å². The number of carbonyl (C=O) groups is 1. The number of aryl methyl sites for hydroxylation is 1. The molecule has 2 rings (SSSR count). The summed E-state index contributed by atoms with van der Waals surface area (Å²) in [4.78, 5) is 16.3. The first-order valence-electron chi connectivity index (χ1n) is 6.13. The third-order valence-electron chi connectivity index (χ3n) is 3.14. The van der Waals surface area contributed by atoms with E-state index in [2.05, 4.69) is 26.2 Å². The van der Waals surface area contributed by atoms with Crippen molar-refractivity contribution in [3.8, 4) is 0 Å². The number of fused-ring (bicyclic) bond motifs is 1. The Morgan fingerprint density at radius 1 is 1.60 bits per heavy atom. The van der Waals surface area contributed by atoms with E-state index in [1.807, 2.05) is 0 Å². The van der Waals surface area contributed by atoms with E-state index >= 15 is 0 Å². The molecular formula is C13H14BrClFN3O. The van der Waals surface area contributed by atoms with Gasteiger partial charge in [-0.05, 0) is 28.9 Å². The number of amides is 1. The minimum absolute atomic E-state index is 0.163. The van der Waals surface area contributed by atoms with Crippen molar-refractivity contribution < 1.29 is 9.18 Å².